The third-order valence-corrected chi connectivity index (χ3v) is 9.32. The maximum Gasteiger partial charge on any atom is 0.264 e. The van der Waals surface area contributed by atoms with Crippen LogP contribution in [0.4, 0.5) is 0 Å². The minimum absolute atomic E-state index is 0.0857. The van der Waals surface area contributed by atoms with Crippen LogP contribution in [0.1, 0.15) is 54.7 Å². The summed E-state index contributed by atoms with van der Waals surface area (Å²) in [5.74, 6) is -3.93. The molecule has 0 bridgehead atoms. The summed E-state index contributed by atoms with van der Waals surface area (Å²) in [6, 6.07) is 29.3. The molecule has 2 aliphatic heterocycles. The molecule has 0 radical (unpaired) electrons. The van der Waals surface area contributed by atoms with Crippen LogP contribution in [-0.2, 0) is 32.1 Å². The summed E-state index contributed by atoms with van der Waals surface area (Å²) in [6.07, 6.45) is 5.36. The van der Waals surface area contributed by atoms with Crippen molar-refractivity contribution in [3.05, 3.63) is 144 Å². The van der Waals surface area contributed by atoms with Crippen molar-refractivity contribution in [1.29, 1.82) is 0 Å². The summed E-state index contributed by atoms with van der Waals surface area (Å²) >= 11 is 0. The molecule has 4 aromatic rings. The second-order valence-corrected chi connectivity index (χ2v) is 14.3. The van der Waals surface area contributed by atoms with Crippen LogP contribution in [0.2, 0.25) is 0 Å². The fourth-order valence-corrected chi connectivity index (χ4v) is 6.84. The summed E-state index contributed by atoms with van der Waals surface area (Å²) in [6.45, 7) is 8.14. The number of nitrogens with zero attached hydrogens (tertiary/aromatic N) is 4. The first-order valence-corrected chi connectivity index (χ1v) is 17.5. The smallest absolute Gasteiger partial charge is 0.264 e. The van der Waals surface area contributed by atoms with E-state index in [0.29, 0.717) is 17.7 Å². The van der Waals surface area contributed by atoms with Gasteiger partial charge in [-0.1, -0.05) is 105 Å². The standard InChI is InChI=1S/C42H43N5O5/c1-28(2)35-41(51)47(36(38(43)49)33(23-29-15-8-5-9-16-29)37(48)39-44-42(3,4)27-52-39)34(31-19-12-7-13-20-31)26-46(35)40(50)32-21-14-22-45(25-32)24-30-17-10-6-11-18-30/h5-22,25-26,28,33,35-36H,23-24,27H2,1-4H3,(H-,43,49)/p+1/t33?,35?,36-/m0/s1. The van der Waals surface area contributed by atoms with E-state index in [2.05, 4.69) is 4.99 Å². The van der Waals surface area contributed by atoms with Gasteiger partial charge in [-0.15, -0.1) is 0 Å². The van der Waals surface area contributed by atoms with Crippen LogP contribution in [-0.4, -0.2) is 63.4 Å². The summed E-state index contributed by atoms with van der Waals surface area (Å²) in [5.41, 5.74) is 8.65. The predicted molar refractivity (Wildman–Crippen MR) is 197 cm³/mol. The molecule has 2 N–H and O–H groups in total. The molecular formula is C42H44N5O5+. The van der Waals surface area contributed by atoms with Gasteiger partial charge in [0.25, 0.3) is 17.7 Å². The van der Waals surface area contributed by atoms with Gasteiger partial charge in [0.1, 0.15) is 24.3 Å². The number of aliphatic imine (C=N–C) groups is 1. The van der Waals surface area contributed by atoms with Crippen molar-refractivity contribution in [3.63, 3.8) is 0 Å². The van der Waals surface area contributed by atoms with Gasteiger partial charge >= 0.3 is 0 Å². The highest BCUT2D eigenvalue weighted by molar-refractivity contribution is 6.38. The Morgan fingerprint density at radius 3 is 2.10 bits per heavy atom. The van der Waals surface area contributed by atoms with Crippen molar-refractivity contribution < 1.29 is 28.5 Å². The first-order chi connectivity index (χ1) is 24.9. The van der Waals surface area contributed by atoms with Gasteiger partial charge in [0.15, 0.2) is 18.9 Å². The molecule has 10 nitrogen and oxygen atoms in total. The molecule has 0 fully saturated rings. The molecule has 3 aromatic carbocycles. The molecule has 52 heavy (non-hydrogen) atoms. The molecule has 0 aliphatic carbocycles. The van der Waals surface area contributed by atoms with E-state index in [0.717, 1.165) is 11.1 Å². The molecule has 3 atom stereocenters. The summed E-state index contributed by atoms with van der Waals surface area (Å²) < 4.78 is 7.71. The first kappa shape index (κ1) is 35.9. The Morgan fingerprint density at radius 1 is 0.904 bits per heavy atom. The Balaban J connectivity index is 1.47. The van der Waals surface area contributed by atoms with Crippen molar-refractivity contribution in [3.8, 4) is 0 Å². The number of rotatable bonds is 12. The number of nitrogens with two attached hydrogens (primary N) is 1. The number of ether oxygens (including phenoxy) is 1. The molecule has 0 spiro atoms. The van der Waals surface area contributed by atoms with Gasteiger partial charge in [-0.2, -0.15) is 4.57 Å². The van der Waals surface area contributed by atoms with Crippen LogP contribution in [0.25, 0.3) is 5.70 Å². The molecule has 10 heteroatoms. The largest absolute Gasteiger partial charge is 0.473 e. The Labute approximate surface area is 304 Å². The van der Waals surface area contributed by atoms with Crippen molar-refractivity contribution in [2.24, 2.45) is 22.6 Å². The minimum atomic E-state index is -1.44. The zero-order valence-corrected chi connectivity index (χ0v) is 29.9. The highest BCUT2D eigenvalue weighted by Gasteiger charge is 2.50. The van der Waals surface area contributed by atoms with E-state index in [9.17, 15) is 14.4 Å². The number of hydrogen-bond donors (Lipinski definition) is 1. The zero-order chi connectivity index (χ0) is 37.0. The lowest BCUT2D eigenvalue weighted by Gasteiger charge is -2.45. The molecule has 3 heterocycles. The van der Waals surface area contributed by atoms with E-state index in [1.807, 2.05) is 105 Å². The van der Waals surface area contributed by atoms with Crippen LogP contribution in [0.5, 0.6) is 0 Å². The minimum Gasteiger partial charge on any atom is -0.473 e. The molecule has 2 aliphatic rings. The maximum atomic E-state index is 15.1. The quantitative estimate of drug-likeness (QED) is 0.213. The lowest BCUT2D eigenvalue weighted by molar-refractivity contribution is -0.688. The number of ketones is 1. The number of pyridine rings is 1. The SMILES string of the molecule is CC(C)C1C(=O)N([C@H](C(N)=O)C(Cc2ccccc2)C(=O)C2=NC(C)(C)CO2)C(c2ccccc2)=CN1C(=O)c1ccc[n+](Cc2ccccc2)c1. The number of aromatic nitrogens is 1. The molecule has 266 valence electrons. The van der Waals surface area contributed by atoms with Gasteiger partial charge < -0.3 is 10.5 Å². The number of amides is 3. The second-order valence-electron chi connectivity index (χ2n) is 14.3. The normalized spacial score (nSPS) is 17.9. The fraction of sp³-hybridized carbons (Fsp3) is 0.286. The highest BCUT2D eigenvalue weighted by atomic mass is 16.5. The molecule has 1 aromatic heterocycles. The molecular weight excluding hydrogens is 654 g/mol. The van der Waals surface area contributed by atoms with E-state index in [1.165, 1.54) is 9.80 Å². The fourth-order valence-electron chi connectivity index (χ4n) is 6.84. The van der Waals surface area contributed by atoms with Crippen LogP contribution >= 0.6 is 0 Å². The van der Waals surface area contributed by atoms with E-state index in [4.69, 9.17) is 10.5 Å². The van der Waals surface area contributed by atoms with Gasteiger partial charge in [0.2, 0.25) is 11.7 Å². The lowest BCUT2D eigenvalue weighted by Crippen LogP contribution is -2.62. The summed E-state index contributed by atoms with van der Waals surface area (Å²) in [4.78, 5) is 65.1. The predicted octanol–water partition coefficient (Wildman–Crippen LogP) is 4.82. The topological polar surface area (TPSA) is 126 Å². The van der Waals surface area contributed by atoms with Crippen molar-refractivity contribution in [2.75, 3.05) is 6.61 Å². The van der Waals surface area contributed by atoms with Gasteiger partial charge in [-0.25, -0.2) is 4.99 Å². The van der Waals surface area contributed by atoms with Crippen LogP contribution < -0.4 is 10.3 Å². The van der Waals surface area contributed by atoms with Gasteiger partial charge in [0.05, 0.1) is 17.2 Å². The number of carbonyl (C=O) groups excluding carboxylic acids is 4. The van der Waals surface area contributed by atoms with Crippen molar-refractivity contribution in [1.82, 2.24) is 9.80 Å². The first-order valence-electron chi connectivity index (χ1n) is 17.5. The number of benzene rings is 3. The average molecular weight is 699 g/mol. The molecule has 2 unspecified atom stereocenters. The van der Waals surface area contributed by atoms with Crippen molar-refractivity contribution >= 4 is 35.1 Å². The van der Waals surface area contributed by atoms with E-state index < -0.39 is 41.1 Å². The third-order valence-electron chi connectivity index (χ3n) is 9.32. The van der Waals surface area contributed by atoms with Gasteiger partial charge in [-0.3, -0.25) is 29.0 Å². The Bertz CT molecular complexity index is 2010. The zero-order valence-electron chi connectivity index (χ0n) is 29.9. The number of carbonyl (C=O) groups is 4. The number of Topliss-reactive ketones (excluding diaryl/α,β-unsaturated/α-hetero) is 1. The average Bonchev–Trinajstić information content (AvgIpc) is 3.51. The van der Waals surface area contributed by atoms with Gasteiger partial charge in [-0.05, 0) is 43.4 Å². The molecule has 6 rings (SSSR count). The lowest BCUT2D eigenvalue weighted by atomic mass is 9.84. The monoisotopic (exact) mass is 698 g/mol. The summed E-state index contributed by atoms with van der Waals surface area (Å²) in [5, 5.41) is 0. The van der Waals surface area contributed by atoms with Crippen LogP contribution in [0.15, 0.2) is 127 Å². The number of primary amides is 1. The van der Waals surface area contributed by atoms with Gasteiger partial charge in [0, 0.05) is 17.8 Å². The third kappa shape index (κ3) is 7.71. The maximum absolute atomic E-state index is 15.1. The Hall–Kier alpha value is -5.90. The molecule has 3 amide bonds. The van der Waals surface area contributed by atoms with Crippen molar-refractivity contribution in [2.45, 2.75) is 58.3 Å². The van der Waals surface area contributed by atoms with E-state index in [-0.39, 0.29) is 36.4 Å². The Morgan fingerprint density at radius 2 is 1.52 bits per heavy atom. The van der Waals surface area contributed by atoms with Crippen LogP contribution in [0.3, 0.4) is 0 Å². The van der Waals surface area contributed by atoms with E-state index >= 15 is 4.79 Å². The second kappa shape index (κ2) is 15.1. The highest BCUT2D eigenvalue weighted by Crippen LogP contribution is 2.36. The van der Waals surface area contributed by atoms with E-state index in [1.54, 1.807) is 48.8 Å². The molecule has 0 saturated carbocycles. The number of hydrogen-bond acceptors (Lipinski definition) is 6. The molecule has 0 saturated heterocycles. The van der Waals surface area contributed by atoms with Crippen LogP contribution in [0, 0.1) is 11.8 Å². The summed E-state index contributed by atoms with van der Waals surface area (Å²) in [7, 11) is 0. The Kier molecular flexibility index (Phi) is 10.5.